The number of nitrogens with one attached hydrogen (secondary N) is 1. The monoisotopic (exact) mass is 307 g/mol. The molecule has 1 fully saturated rings. The third-order valence-electron chi connectivity index (χ3n) is 3.93. The van der Waals surface area contributed by atoms with Crippen LogP contribution in [-0.2, 0) is 4.79 Å². The van der Waals surface area contributed by atoms with Crippen LogP contribution in [0.1, 0.15) is 6.42 Å². The maximum atomic E-state index is 12.1. The molecule has 1 N–H and O–H groups in total. The highest BCUT2D eigenvalue weighted by Gasteiger charge is 2.15. The van der Waals surface area contributed by atoms with E-state index in [-0.39, 0.29) is 5.91 Å². The second kappa shape index (κ2) is 8.00. The van der Waals surface area contributed by atoms with Crippen molar-refractivity contribution < 1.29 is 14.3 Å². The van der Waals surface area contributed by atoms with Crippen molar-refractivity contribution in [2.75, 3.05) is 59.3 Å². The van der Waals surface area contributed by atoms with Crippen molar-refractivity contribution in [3.8, 4) is 11.5 Å². The minimum atomic E-state index is 0.00222. The van der Waals surface area contributed by atoms with Crippen molar-refractivity contribution in [3.05, 3.63) is 18.2 Å². The largest absolute Gasteiger partial charge is 0.497 e. The lowest BCUT2D eigenvalue weighted by atomic mass is 10.2. The van der Waals surface area contributed by atoms with Crippen LogP contribution in [0.5, 0.6) is 11.5 Å². The number of piperazine rings is 1. The second-order valence-corrected chi connectivity index (χ2v) is 5.51. The van der Waals surface area contributed by atoms with Gasteiger partial charge < -0.3 is 24.6 Å². The highest BCUT2D eigenvalue weighted by atomic mass is 16.5. The number of carbonyl (C=O) groups excluding carboxylic acids is 1. The Hall–Kier alpha value is -1.79. The van der Waals surface area contributed by atoms with E-state index in [9.17, 15) is 4.79 Å². The van der Waals surface area contributed by atoms with Crippen molar-refractivity contribution in [1.29, 1.82) is 0 Å². The summed E-state index contributed by atoms with van der Waals surface area (Å²) < 4.78 is 10.4. The maximum absolute atomic E-state index is 12.1. The molecule has 0 radical (unpaired) electrons. The number of anilines is 1. The van der Waals surface area contributed by atoms with Gasteiger partial charge >= 0.3 is 0 Å². The molecule has 0 unspecified atom stereocenters. The number of benzene rings is 1. The lowest BCUT2D eigenvalue weighted by Gasteiger charge is -2.32. The predicted octanol–water partition coefficient (Wildman–Crippen LogP) is 1.28. The Morgan fingerprint density at radius 1 is 1.18 bits per heavy atom. The van der Waals surface area contributed by atoms with Gasteiger partial charge in [-0.1, -0.05) is 0 Å². The molecule has 1 heterocycles. The molecule has 0 aromatic heterocycles. The van der Waals surface area contributed by atoms with Gasteiger partial charge in [0.15, 0.2) is 0 Å². The molecule has 1 saturated heterocycles. The summed E-state index contributed by atoms with van der Waals surface area (Å²) in [6.07, 6.45) is 0.485. The average molecular weight is 307 g/mol. The van der Waals surface area contributed by atoms with E-state index in [0.29, 0.717) is 23.6 Å². The molecule has 0 bridgehead atoms. The van der Waals surface area contributed by atoms with Crippen molar-refractivity contribution in [2.45, 2.75) is 6.42 Å². The average Bonchev–Trinajstić information content (AvgIpc) is 2.54. The lowest BCUT2D eigenvalue weighted by Crippen LogP contribution is -2.45. The van der Waals surface area contributed by atoms with Crippen LogP contribution < -0.4 is 14.8 Å². The number of hydrogen-bond donors (Lipinski definition) is 1. The number of likely N-dealkylation sites (N-methyl/N-ethyl adjacent to an activating group) is 1. The Balaban J connectivity index is 1.84. The fraction of sp³-hybridized carbons (Fsp3) is 0.562. The summed E-state index contributed by atoms with van der Waals surface area (Å²) in [5.41, 5.74) is 0.673. The molecule has 1 aromatic rings. The Kier molecular flexibility index (Phi) is 6.03. The summed E-state index contributed by atoms with van der Waals surface area (Å²) in [7, 11) is 5.30. The first-order valence-electron chi connectivity index (χ1n) is 7.55. The molecule has 0 spiro atoms. The number of amides is 1. The third kappa shape index (κ3) is 4.61. The van der Waals surface area contributed by atoms with Crippen molar-refractivity contribution >= 4 is 11.6 Å². The van der Waals surface area contributed by atoms with Crippen molar-refractivity contribution in [3.63, 3.8) is 0 Å². The molecule has 122 valence electrons. The van der Waals surface area contributed by atoms with E-state index in [2.05, 4.69) is 22.2 Å². The van der Waals surface area contributed by atoms with Gasteiger partial charge in [0.05, 0.1) is 19.9 Å². The maximum Gasteiger partial charge on any atom is 0.225 e. The molecule has 0 atom stereocenters. The molecule has 1 aliphatic rings. The van der Waals surface area contributed by atoms with Crippen LogP contribution >= 0.6 is 0 Å². The van der Waals surface area contributed by atoms with Gasteiger partial charge in [0.2, 0.25) is 5.91 Å². The zero-order valence-electron chi connectivity index (χ0n) is 13.6. The zero-order chi connectivity index (χ0) is 15.9. The molecule has 0 saturated carbocycles. The van der Waals surface area contributed by atoms with Crippen LogP contribution in [0.3, 0.4) is 0 Å². The molecule has 22 heavy (non-hydrogen) atoms. The zero-order valence-corrected chi connectivity index (χ0v) is 13.6. The summed E-state index contributed by atoms with van der Waals surface area (Å²) in [5.74, 6) is 1.31. The molecule has 1 aromatic carbocycles. The molecule has 6 nitrogen and oxygen atoms in total. The van der Waals surface area contributed by atoms with Crippen molar-refractivity contribution in [2.24, 2.45) is 0 Å². The van der Waals surface area contributed by atoms with E-state index in [1.165, 1.54) is 0 Å². The predicted molar refractivity (Wildman–Crippen MR) is 86.7 cm³/mol. The number of hydrogen-bond acceptors (Lipinski definition) is 5. The lowest BCUT2D eigenvalue weighted by molar-refractivity contribution is -0.116. The van der Waals surface area contributed by atoms with E-state index < -0.39 is 0 Å². The summed E-state index contributed by atoms with van der Waals surface area (Å²) in [5, 5.41) is 2.90. The van der Waals surface area contributed by atoms with E-state index >= 15 is 0 Å². The summed E-state index contributed by atoms with van der Waals surface area (Å²) >= 11 is 0. The van der Waals surface area contributed by atoms with Gasteiger partial charge in [0, 0.05) is 45.2 Å². The van der Waals surface area contributed by atoms with Crippen LogP contribution in [-0.4, -0.2) is 69.7 Å². The van der Waals surface area contributed by atoms with Crippen LogP contribution in [0.15, 0.2) is 18.2 Å². The highest BCUT2D eigenvalue weighted by Crippen LogP contribution is 2.29. The number of carbonyl (C=O) groups is 1. The second-order valence-electron chi connectivity index (χ2n) is 5.51. The molecule has 0 aliphatic carbocycles. The Labute approximate surface area is 132 Å². The molecule has 2 rings (SSSR count). The van der Waals surface area contributed by atoms with E-state index in [0.717, 1.165) is 32.7 Å². The van der Waals surface area contributed by atoms with Gasteiger partial charge in [0.25, 0.3) is 0 Å². The van der Waals surface area contributed by atoms with Gasteiger partial charge in [0.1, 0.15) is 11.5 Å². The minimum absolute atomic E-state index is 0.00222. The van der Waals surface area contributed by atoms with Crippen LogP contribution in [0.2, 0.25) is 0 Å². The van der Waals surface area contributed by atoms with Gasteiger partial charge in [-0.3, -0.25) is 4.79 Å². The third-order valence-corrected chi connectivity index (χ3v) is 3.93. The van der Waals surface area contributed by atoms with Crippen LogP contribution in [0.4, 0.5) is 5.69 Å². The molecular weight excluding hydrogens is 282 g/mol. The van der Waals surface area contributed by atoms with Gasteiger partial charge in [-0.2, -0.15) is 0 Å². The smallest absolute Gasteiger partial charge is 0.225 e. The highest BCUT2D eigenvalue weighted by molar-refractivity contribution is 5.92. The summed E-state index contributed by atoms with van der Waals surface area (Å²) in [4.78, 5) is 16.7. The van der Waals surface area contributed by atoms with Crippen LogP contribution in [0.25, 0.3) is 0 Å². The fourth-order valence-electron chi connectivity index (χ4n) is 2.45. The summed E-state index contributed by atoms with van der Waals surface area (Å²) in [6, 6.07) is 5.36. The Morgan fingerprint density at radius 3 is 2.55 bits per heavy atom. The topological polar surface area (TPSA) is 54.0 Å². The van der Waals surface area contributed by atoms with E-state index in [1.807, 2.05) is 0 Å². The molecule has 6 heteroatoms. The first-order valence-corrected chi connectivity index (χ1v) is 7.55. The quantitative estimate of drug-likeness (QED) is 0.858. The Bertz CT molecular complexity index is 499. The van der Waals surface area contributed by atoms with Gasteiger partial charge in [-0.15, -0.1) is 0 Å². The first kappa shape index (κ1) is 16.6. The fourth-order valence-corrected chi connectivity index (χ4v) is 2.45. The number of ether oxygens (including phenoxy) is 2. The van der Waals surface area contributed by atoms with Gasteiger partial charge in [-0.25, -0.2) is 0 Å². The number of methoxy groups -OCH3 is 2. The van der Waals surface area contributed by atoms with Crippen molar-refractivity contribution in [1.82, 2.24) is 9.80 Å². The van der Waals surface area contributed by atoms with Crippen LogP contribution in [0, 0.1) is 0 Å². The molecule has 1 aliphatic heterocycles. The summed E-state index contributed by atoms with van der Waals surface area (Å²) in [6.45, 7) is 4.96. The number of rotatable bonds is 6. The molecule has 1 amide bonds. The Morgan fingerprint density at radius 2 is 1.91 bits per heavy atom. The number of nitrogens with zero attached hydrogens (tertiary/aromatic N) is 2. The minimum Gasteiger partial charge on any atom is -0.497 e. The molecular formula is C16H25N3O3. The SMILES string of the molecule is COc1ccc(NC(=O)CCN2CCN(C)CC2)c(OC)c1. The van der Waals surface area contributed by atoms with E-state index in [4.69, 9.17) is 9.47 Å². The van der Waals surface area contributed by atoms with Gasteiger partial charge in [-0.05, 0) is 19.2 Å². The normalized spacial score (nSPS) is 16.3. The van der Waals surface area contributed by atoms with E-state index in [1.54, 1.807) is 32.4 Å². The first-order chi connectivity index (χ1) is 10.6. The standard InChI is InChI=1S/C16H25N3O3/c1-18-8-10-19(11-9-18)7-6-16(20)17-14-5-4-13(21-2)12-15(14)22-3/h4-5,12H,6-11H2,1-3H3,(H,17,20).